The van der Waals surface area contributed by atoms with Crippen molar-refractivity contribution in [3.63, 3.8) is 0 Å². The van der Waals surface area contributed by atoms with Crippen LogP contribution in [0.15, 0.2) is 18.2 Å². The zero-order chi connectivity index (χ0) is 19.6. The van der Waals surface area contributed by atoms with Gasteiger partial charge in [-0.2, -0.15) is 0 Å². The van der Waals surface area contributed by atoms with E-state index < -0.39 is 36.8 Å². The molecule has 1 aliphatic rings. The van der Waals surface area contributed by atoms with Crippen LogP contribution in [0.5, 0.6) is 0 Å². The molecular weight excluding hydrogens is 301 g/mol. The first-order valence-electron chi connectivity index (χ1n) is 8.78. The molecule has 7 heteroatoms. The Bertz CT molecular complexity index is 695. The molecule has 1 aromatic carbocycles. The highest BCUT2D eigenvalue weighted by Gasteiger charge is 2.34. The summed E-state index contributed by atoms with van der Waals surface area (Å²) in [6, 6.07) is 1.61. The fraction of sp³-hybridized carbons (Fsp3) is 0.500. The molecule has 0 spiro atoms. The van der Waals surface area contributed by atoms with E-state index in [1.165, 1.54) is 18.2 Å². The van der Waals surface area contributed by atoms with Crippen LogP contribution in [0.1, 0.15) is 35.4 Å². The molecule has 1 aliphatic carbocycles. The fourth-order valence-electron chi connectivity index (χ4n) is 2.24. The monoisotopic (exact) mass is 326 g/mol. The van der Waals surface area contributed by atoms with Crippen LogP contribution < -0.4 is 11.1 Å². The van der Waals surface area contributed by atoms with Crippen LogP contribution in [0, 0.1) is 5.82 Å². The van der Waals surface area contributed by atoms with Gasteiger partial charge in [0.05, 0.1) is 12.8 Å². The molecule has 0 aromatic heterocycles. The quantitative estimate of drug-likeness (QED) is 0.639. The molecule has 6 nitrogen and oxygen atoms in total. The van der Waals surface area contributed by atoms with E-state index in [-0.39, 0.29) is 11.7 Å². The van der Waals surface area contributed by atoms with Gasteiger partial charge in [0.2, 0.25) is 0 Å². The summed E-state index contributed by atoms with van der Waals surface area (Å²) in [4.78, 5) is 25.4. The Morgan fingerprint density at radius 2 is 2.22 bits per heavy atom. The van der Waals surface area contributed by atoms with Gasteiger partial charge in [0.25, 0.3) is 0 Å². The summed E-state index contributed by atoms with van der Waals surface area (Å²) in [6.07, 6.45) is 1.18. The summed E-state index contributed by atoms with van der Waals surface area (Å²) in [5.41, 5.74) is 5.83. The van der Waals surface area contributed by atoms with E-state index in [1.807, 2.05) is 0 Å². The summed E-state index contributed by atoms with van der Waals surface area (Å²) < 4.78 is 41.0. The number of esters is 1. The lowest BCUT2D eigenvalue weighted by Crippen LogP contribution is -2.50. The highest BCUT2D eigenvalue weighted by Crippen LogP contribution is 2.27. The van der Waals surface area contributed by atoms with Gasteiger partial charge < -0.3 is 20.7 Å². The highest BCUT2D eigenvalue weighted by atomic mass is 19.1. The average molecular weight is 326 g/mol. The van der Waals surface area contributed by atoms with Crippen molar-refractivity contribution >= 4 is 17.7 Å². The summed E-state index contributed by atoms with van der Waals surface area (Å²) in [5, 5.41) is 2.43. The minimum absolute atomic E-state index is 0.0399. The van der Waals surface area contributed by atoms with Crippen LogP contribution in [0.2, 0.25) is 0 Å². The number of halogens is 1. The lowest BCUT2D eigenvalue weighted by atomic mass is 9.93. The van der Waals surface area contributed by atoms with Gasteiger partial charge in [-0.25, -0.2) is 14.0 Å². The molecule has 0 bridgehead atoms. The van der Waals surface area contributed by atoms with Crippen molar-refractivity contribution in [3.8, 4) is 0 Å². The Labute approximate surface area is 139 Å². The third kappa shape index (κ3) is 3.91. The lowest BCUT2D eigenvalue weighted by Gasteiger charge is -2.26. The number of carbonyl (C=O) groups excluding carboxylic acids is 2. The van der Waals surface area contributed by atoms with Crippen LogP contribution >= 0.6 is 0 Å². The zero-order valence-electron chi connectivity index (χ0n) is 16.0. The van der Waals surface area contributed by atoms with Crippen molar-refractivity contribution in [1.82, 2.24) is 10.2 Å². The molecule has 2 atom stereocenters. The van der Waals surface area contributed by atoms with E-state index in [0.29, 0.717) is 18.4 Å². The number of nitrogens with two attached hydrogens (primary N) is 1. The largest absolute Gasteiger partial charge is 0.467 e. The summed E-state index contributed by atoms with van der Waals surface area (Å²) >= 11 is 0. The maximum atomic E-state index is 13.7. The smallest absolute Gasteiger partial charge is 0.329 e. The number of amides is 2. The number of carbonyl (C=O) groups is 2. The molecular formula is C16H22FN3O3. The zero-order valence-corrected chi connectivity index (χ0v) is 13.0. The second-order valence-electron chi connectivity index (χ2n) is 5.62. The van der Waals surface area contributed by atoms with Gasteiger partial charge >= 0.3 is 12.0 Å². The Morgan fingerprint density at radius 3 is 2.74 bits per heavy atom. The molecule has 23 heavy (non-hydrogen) atoms. The van der Waals surface area contributed by atoms with Gasteiger partial charge in [-0.1, -0.05) is 13.0 Å². The standard InChI is InChI=1S/C16H22FN3O3/c1-9(10-4-7-13(18)12(17)8-10)14(15(21)23-3)19-16(22)20(2)11-5-6-11/h4,7-9,11,14H,5-6,18H2,1-3H3,(H,19,22)/t9-,14+/m0/s1/i2D3. The summed E-state index contributed by atoms with van der Waals surface area (Å²) in [7, 11) is 1.15. The van der Waals surface area contributed by atoms with Gasteiger partial charge in [0.1, 0.15) is 11.9 Å². The molecule has 0 heterocycles. The van der Waals surface area contributed by atoms with E-state index in [0.717, 1.165) is 12.0 Å². The van der Waals surface area contributed by atoms with Crippen LogP contribution in [0.3, 0.4) is 0 Å². The van der Waals surface area contributed by atoms with Crippen LogP contribution in [-0.2, 0) is 9.53 Å². The molecule has 0 saturated heterocycles. The molecule has 2 rings (SSSR count). The van der Waals surface area contributed by atoms with E-state index in [9.17, 15) is 14.0 Å². The Hall–Kier alpha value is -2.31. The first-order valence-corrected chi connectivity index (χ1v) is 7.28. The topological polar surface area (TPSA) is 84.7 Å². The SMILES string of the molecule is [2H]C([2H])([2H])N(C(=O)N[C@@H](C(=O)OC)[C@@H](C)c1ccc(N)c(F)c1)C1CC1. The van der Waals surface area contributed by atoms with E-state index in [4.69, 9.17) is 14.6 Å². The lowest BCUT2D eigenvalue weighted by molar-refractivity contribution is -0.143. The average Bonchev–Trinajstić information content (AvgIpc) is 3.37. The minimum Gasteiger partial charge on any atom is -0.467 e. The number of rotatable bonds is 5. The molecule has 0 unspecified atom stereocenters. The maximum absolute atomic E-state index is 13.7. The van der Waals surface area contributed by atoms with Gasteiger partial charge in [0.15, 0.2) is 0 Å². The van der Waals surface area contributed by atoms with Gasteiger partial charge in [-0.15, -0.1) is 0 Å². The molecule has 2 amide bonds. The number of methoxy groups -OCH3 is 1. The van der Waals surface area contributed by atoms with Crippen molar-refractivity contribution in [2.75, 3.05) is 19.8 Å². The number of urea groups is 1. The van der Waals surface area contributed by atoms with Gasteiger partial charge in [-0.05, 0) is 30.5 Å². The Kier molecular flexibility index (Phi) is 3.92. The number of nitrogens with one attached hydrogen (secondary N) is 1. The number of anilines is 1. The number of benzene rings is 1. The predicted octanol–water partition coefficient (Wildman–Crippen LogP) is 1.86. The molecule has 1 saturated carbocycles. The van der Waals surface area contributed by atoms with Crippen molar-refractivity contribution in [2.24, 2.45) is 0 Å². The minimum atomic E-state index is -2.62. The molecule has 3 N–H and O–H groups in total. The number of hydrogen-bond acceptors (Lipinski definition) is 4. The van der Waals surface area contributed by atoms with Crippen molar-refractivity contribution in [3.05, 3.63) is 29.6 Å². The number of nitrogens with zero attached hydrogens (tertiary/aromatic N) is 1. The molecule has 0 aliphatic heterocycles. The van der Waals surface area contributed by atoms with Crippen molar-refractivity contribution in [1.29, 1.82) is 0 Å². The normalized spacial score (nSPS) is 18.8. The molecule has 126 valence electrons. The number of ether oxygens (including phenoxy) is 1. The third-order valence-corrected chi connectivity index (χ3v) is 3.92. The second-order valence-corrected chi connectivity index (χ2v) is 5.62. The van der Waals surface area contributed by atoms with E-state index in [2.05, 4.69) is 5.32 Å². The number of hydrogen-bond donors (Lipinski definition) is 2. The van der Waals surface area contributed by atoms with Gasteiger partial charge in [-0.3, -0.25) is 0 Å². The highest BCUT2D eigenvalue weighted by molar-refractivity contribution is 5.84. The molecule has 1 aromatic rings. The first kappa shape index (κ1) is 13.2. The van der Waals surface area contributed by atoms with Crippen LogP contribution in [-0.4, -0.2) is 43.1 Å². The predicted molar refractivity (Wildman–Crippen MR) is 84.3 cm³/mol. The fourth-order valence-corrected chi connectivity index (χ4v) is 2.24. The van der Waals surface area contributed by atoms with Gasteiger partial charge in [0, 0.05) is 23.0 Å². The van der Waals surface area contributed by atoms with Crippen LogP contribution in [0.4, 0.5) is 14.9 Å². The summed E-state index contributed by atoms with van der Waals surface area (Å²) in [5.74, 6) is -2.07. The van der Waals surface area contributed by atoms with Crippen LogP contribution in [0.25, 0.3) is 0 Å². The first-order chi connectivity index (χ1) is 12.1. The van der Waals surface area contributed by atoms with E-state index >= 15 is 0 Å². The molecule has 0 radical (unpaired) electrons. The third-order valence-electron chi connectivity index (χ3n) is 3.92. The second kappa shape index (κ2) is 6.85. The Morgan fingerprint density at radius 1 is 1.52 bits per heavy atom. The van der Waals surface area contributed by atoms with Crippen molar-refractivity contribution in [2.45, 2.75) is 37.8 Å². The molecule has 1 fully saturated rings. The number of nitrogen functional groups attached to an aromatic ring is 1. The summed E-state index contributed by atoms with van der Waals surface area (Å²) in [6.45, 7) is -1.02. The Balaban J connectivity index is 2.25. The maximum Gasteiger partial charge on any atom is 0.329 e. The van der Waals surface area contributed by atoms with Crippen molar-refractivity contribution < 1.29 is 22.8 Å². The van der Waals surface area contributed by atoms with E-state index in [1.54, 1.807) is 6.92 Å².